The van der Waals surface area contributed by atoms with E-state index in [1.165, 1.54) is 17.7 Å². The Bertz CT molecular complexity index is 947. The minimum absolute atomic E-state index is 0.266. The number of hydrogen-bond donors (Lipinski definition) is 1. The van der Waals surface area contributed by atoms with Crippen molar-refractivity contribution >= 4 is 15.7 Å². The molecule has 3 heterocycles. The Labute approximate surface area is 152 Å². The molecule has 0 saturated heterocycles. The third-order valence-electron chi connectivity index (χ3n) is 4.18. The average Bonchev–Trinajstić information content (AvgIpc) is 2.88. The number of nitrogens with zero attached hydrogens (tertiary/aromatic N) is 5. The maximum absolute atomic E-state index is 11.8. The van der Waals surface area contributed by atoms with Crippen LogP contribution >= 0.6 is 0 Å². The summed E-state index contributed by atoms with van der Waals surface area (Å²) in [5, 5.41) is 17.0. The maximum atomic E-state index is 11.8. The molecule has 0 atom stereocenters. The number of anilines is 1. The van der Waals surface area contributed by atoms with Crippen molar-refractivity contribution in [2.45, 2.75) is 26.1 Å². The van der Waals surface area contributed by atoms with Crippen molar-refractivity contribution < 1.29 is 13.2 Å². The summed E-state index contributed by atoms with van der Waals surface area (Å²) < 4.78 is 32.1. The van der Waals surface area contributed by atoms with E-state index in [2.05, 4.69) is 21.5 Å². The number of hydrogen-bond acceptors (Lipinski definition) is 7. The molecule has 0 aliphatic carbocycles. The molecule has 0 bridgehead atoms. The Kier molecular flexibility index (Phi) is 5.11. The fourth-order valence-corrected chi connectivity index (χ4v) is 3.73. The number of nitriles is 1. The van der Waals surface area contributed by atoms with Crippen molar-refractivity contribution in [3.8, 4) is 11.9 Å². The summed E-state index contributed by atoms with van der Waals surface area (Å²) in [4.78, 5) is 4.01. The average molecular weight is 376 g/mol. The predicted molar refractivity (Wildman–Crippen MR) is 94.9 cm³/mol. The molecule has 10 heteroatoms. The number of aryl methyl sites for hydroxylation is 1. The lowest BCUT2D eigenvalue weighted by Crippen LogP contribution is -2.29. The maximum Gasteiger partial charge on any atom is 0.233 e. The van der Waals surface area contributed by atoms with Crippen molar-refractivity contribution in [3.63, 3.8) is 0 Å². The fourth-order valence-electron chi connectivity index (χ4n) is 2.90. The Balaban J connectivity index is 1.77. The molecule has 0 aromatic carbocycles. The van der Waals surface area contributed by atoms with Crippen molar-refractivity contribution in [1.82, 2.24) is 19.1 Å². The van der Waals surface area contributed by atoms with Crippen LogP contribution in [0.5, 0.6) is 5.88 Å². The molecule has 0 saturated carbocycles. The fraction of sp³-hybridized carbons (Fsp3) is 0.438. The van der Waals surface area contributed by atoms with Gasteiger partial charge in [-0.05, 0) is 18.6 Å². The summed E-state index contributed by atoms with van der Waals surface area (Å²) in [6, 6.07) is 5.67. The monoisotopic (exact) mass is 376 g/mol. The Hall–Kier alpha value is -2.64. The van der Waals surface area contributed by atoms with Crippen LogP contribution in [0.4, 0.5) is 5.69 Å². The van der Waals surface area contributed by atoms with Crippen LogP contribution < -0.4 is 10.1 Å². The van der Waals surface area contributed by atoms with Gasteiger partial charge in [-0.2, -0.15) is 14.7 Å². The molecule has 2 aromatic rings. The normalized spacial score (nSPS) is 15.0. The van der Waals surface area contributed by atoms with E-state index in [0.29, 0.717) is 37.4 Å². The molecule has 0 spiro atoms. The lowest BCUT2D eigenvalue weighted by molar-refractivity contribution is 0.396. The molecule has 2 aromatic heterocycles. The number of rotatable bonds is 5. The smallest absolute Gasteiger partial charge is 0.233 e. The molecule has 3 rings (SSSR count). The first-order chi connectivity index (χ1) is 12.4. The van der Waals surface area contributed by atoms with E-state index in [-0.39, 0.29) is 5.88 Å². The topological polar surface area (TPSA) is 113 Å². The Morgan fingerprint density at radius 3 is 2.92 bits per heavy atom. The lowest BCUT2D eigenvalue weighted by Gasteiger charge is -2.16. The zero-order valence-corrected chi connectivity index (χ0v) is 15.5. The van der Waals surface area contributed by atoms with E-state index in [1.807, 2.05) is 10.7 Å². The third kappa shape index (κ3) is 3.79. The number of ether oxygens (including phenoxy) is 1. The molecule has 9 nitrogen and oxygen atoms in total. The van der Waals surface area contributed by atoms with Gasteiger partial charge >= 0.3 is 0 Å². The number of nitrogens with one attached hydrogen (secondary N) is 1. The standard InChI is InChI=1S/C16H20N6O3S/c1-25-16-14(9-17)15(4-5-18-16)19-10-12-8-13-11-21(26(2,23)24)6-3-7-22(13)20-12/h4-5,8H,3,6-7,10-11H2,1-2H3,(H,18,19). The number of pyridine rings is 1. The first-order valence-corrected chi connectivity index (χ1v) is 9.95. The highest BCUT2D eigenvalue weighted by molar-refractivity contribution is 7.88. The second kappa shape index (κ2) is 7.31. The number of fused-ring (bicyclic) bond motifs is 1. The summed E-state index contributed by atoms with van der Waals surface area (Å²) in [5.74, 6) is 0.266. The van der Waals surface area contributed by atoms with Crippen LogP contribution in [0.3, 0.4) is 0 Å². The zero-order chi connectivity index (χ0) is 18.7. The summed E-state index contributed by atoms with van der Waals surface area (Å²) in [6.07, 6.45) is 3.50. The summed E-state index contributed by atoms with van der Waals surface area (Å²) >= 11 is 0. The second-order valence-corrected chi connectivity index (χ2v) is 7.99. The predicted octanol–water partition coefficient (Wildman–Crippen LogP) is 0.936. The minimum Gasteiger partial charge on any atom is -0.480 e. The second-order valence-electron chi connectivity index (χ2n) is 6.01. The van der Waals surface area contributed by atoms with Gasteiger partial charge in [0, 0.05) is 19.3 Å². The molecule has 0 unspecified atom stereocenters. The van der Waals surface area contributed by atoms with Gasteiger partial charge in [0.1, 0.15) is 11.6 Å². The largest absolute Gasteiger partial charge is 0.480 e. The number of methoxy groups -OCH3 is 1. The van der Waals surface area contributed by atoms with Gasteiger partial charge < -0.3 is 10.1 Å². The van der Waals surface area contributed by atoms with Crippen molar-refractivity contribution in [3.05, 3.63) is 35.3 Å². The third-order valence-corrected chi connectivity index (χ3v) is 5.43. The van der Waals surface area contributed by atoms with E-state index < -0.39 is 10.0 Å². The van der Waals surface area contributed by atoms with E-state index in [9.17, 15) is 13.7 Å². The molecule has 26 heavy (non-hydrogen) atoms. The SMILES string of the molecule is COc1nccc(NCc2cc3n(n2)CCCN(S(C)(=O)=O)C3)c1C#N. The van der Waals surface area contributed by atoms with Crippen LogP contribution in [0.15, 0.2) is 18.3 Å². The first-order valence-electron chi connectivity index (χ1n) is 8.10. The van der Waals surface area contributed by atoms with Gasteiger partial charge in [0.15, 0.2) is 0 Å². The lowest BCUT2D eigenvalue weighted by atomic mass is 10.2. The van der Waals surface area contributed by atoms with Crippen molar-refractivity contribution in [1.29, 1.82) is 5.26 Å². The highest BCUT2D eigenvalue weighted by Gasteiger charge is 2.22. The van der Waals surface area contributed by atoms with Crippen LogP contribution in [0.25, 0.3) is 0 Å². The number of aromatic nitrogens is 3. The Morgan fingerprint density at radius 1 is 1.42 bits per heavy atom. The van der Waals surface area contributed by atoms with E-state index in [1.54, 1.807) is 12.3 Å². The molecule has 0 amide bonds. The minimum atomic E-state index is -3.23. The molecular weight excluding hydrogens is 356 g/mol. The van der Waals surface area contributed by atoms with Gasteiger partial charge in [0.25, 0.3) is 0 Å². The summed E-state index contributed by atoms with van der Waals surface area (Å²) in [5.41, 5.74) is 2.58. The van der Waals surface area contributed by atoms with Crippen LogP contribution in [-0.4, -0.2) is 47.4 Å². The molecule has 0 fully saturated rings. The van der Waals surface area contributed by atoms with E-state index >= 15 is 0 Å². The van der Waals surface area contributed by atoms with Gasteiger partial charge in [-0.1, -0.05) is 0 Å². The zero-order valence-electron chi connectivity index (χ0n) is 14.6. The van der Waals surface area contributed by atoms with Crippen LogP contribution in [-0.2, 0) is 29.7 Å². The molecule has 0 radical (unpaired) electrons. The van der Waals surface area contributed by atoms with Crippen molar-refractivity contribution in [2.24, 2.45) is 0 Å². The van der Waals surface area contributed by atoms with Gasteiger partial charge in [-0.25, -0.2) is 13.4 Å². The van der Waals surface area contributed by atoms with E-state index in [4.69, 9.17) is 4.74 Å². The van der Waals surface area contributed by atoms with Gasteiger partial charge in [0.05, 0.1) is 43.5 Å². The van der Waals surface area contributed by atoms with Crippen LogP contribution in [0, 0.1) is 11.3 Å². The molecule has 1 aliphatic rings. The highest BCUT2D eigenvalue weighted by Crippen LogP contribution is 2.23. The van der Waals surface area contributed by atoms with Crippen LogP contribution in [0.1, 0.15) is 23.4 Å². The molecular formula is C16H20N6O3S. The molecule has 138 valence electrons. The van der Waals surface area contributed by atoms with E-state index in [0.717, 1.165) is 17.8 Å². The van der Waals surface area contributed by atoms with Gasteiger partial charge in [-0.15, -0.1) is 0 Å². The number of sulfonamides is 1. The highest BCUT2D eigenvalue weighted by atomic mass is 32.2. The van der Waals surface area contributed by atoms with Crippen LogP contribution in [0.2, 0.25) is 0 Å². The van der Waals surface area contributed by atoms with Gasteiger partial charge in [-0.3, -0.25) is 4.68 Å². The van der Waals surface area contributed by atoms with Gasteiger partial charge in [0.2, 0.25) is 15.9 Å². The first kappa shape index (κ1) is 18.2. The summed E-state index contributed by atoms with van der Waals surface area (Å²) in [6.45, 7) is 1.89. The molecule has 1 aliphatic heterocycles. The quantitative estimate of drug-likeness (QED) is 0.826. The molecule has 1 N–H and O–H groups in total. The Morgan fingerprint density at radius 2 is 2.23 bits per heavy atom. The van der Waals surface area contributed by atoms with Crippen molar-refractivity contribution in [2.75, 3.05) is 25.2 Å². The summed E-state index contributed by atoms with van der Waals surface area (Å²) in [7, 11) is -1.77.